The van der Waals surface area contributed by atoms with E-state index in [1.807, 2.05) is 0 Å². The zero-order valence-corrected chi connectivity index (χ0v) is 11.7. The summed E-state index contributed by atoms with van der Waals surface area (Å²) in [4.78, 5) is 0. The second-order valence-electron chi connectivity index (χ2n) is 5.94. The van der Waals surface area contributed by atoms with Crippen LogP contribution in [0.3, 0.4) is 0 Å². The minimum Gasteiger partial charge on any atom is -0.381 e. The van der Waals surface area contributed by atoms with Crippen molar-refractivity contribution in [1.29, 1.82) is 0 Å². The third-order valence-corrected chi connectivity index (χ3v) is 3.95. The summed E-state index contributed by atoms with van der Waals surface area (Å²) in [5, 5.41) is 3.48. The Labute approximate surface area is 116 Å². The maximum atomic E-state index is 12.7. The van der Waals surface area contributed by atoms with E-state index in [4.69, 9.17) is 11.6 Å². The van der Waals surface area contributed by atoms with Gasteiger partial charge in [-0.3, -0.25) is 0 Å². The minimum absolute atomic E-state index is 0.191. The van der Waals surface area contributed by atoms with E-state index in [1.165, 1.54) is 6.07 Å². The number of benzene rings is 1. The van der Waals surface area contributed by atoms with Gasteiger partial charge in [0.25, 0.3) is 0 Å². The summed E-state index contributed by atoms with van der Waals surface area (Å²) in [5.41, 5.74) is -0.0537. The molecule has 0 spiro atoms. The Bertz CT molecular complexity index is 468. The predicted octanol–water partition coefficient (Wildman–Crippen LogP) is 5.35. The van der Waals surface area contributed by atoms with Crippen molar-refractivity contribution in [3.05, 3.63) is 28.8 Å². The molecule has 0 bridgehead atoms. The van der Waals surface area contributed by atoms with Gasteiger partial charge in [-0.1, -0.05) is 25.4 Å². The Morgan fingerprint density at radius 3 is 2.53 bits per heavy atom. The van der Waals surface area contributed by atoms with E-state index in [0.717, 1.165) is 31.4 Å². The zero-order valence-electron chi connectivity index (χ0n) is 10.9. The molecule has 19 heavy (non-hydrogen) atoms. The Balaban J connectivity index is 2.16. The van der Waals surface area contributed by atoms with Crippen LogP contribution in [0.15, 0.2) is 18.2 Å². The van der Waals surface area contributed by atoms with Crippen LogP contribution >= 0.6 is 11.6 Å². The van der Waals surface area contributed by atoms with Crippen molar-refractivity contribution in [3.63, 3.8) is 0 Å². The van der Waals surface area contributed by atoms with Gasteiger partial charge in [-0.05, 0) is 42.9 Å². The second-order valence-corrected chi connectivity index (χ2v) is 6.35. The summed E-state index contributed by atoms with van der Waals surface area (Å²) in [7, 11) is 0. The third kappa shape index (κ3) is 3.56. The maximum absolute atomic E-state index is 12.7. The average Bonchev–Trinajstić information content (AvgIpc) is 2.60. The molecule has 0 aliphatic heterocycles. The van der Waals surface area contributed by atoms with E-state index in [2.05, 4.69) is 19.2 Å². The van der Waals surface area contributed by atoms with Gasteiger partial charge in [-0.25, -0.2) is 0 Å². The molecule has 0 aromatic heterocycles. The van der Waals surface area contributed by atoms with Crippen molar-refractivity contribution in [2.24, 2.45) is 5.41 Å². The zero-order chi connectivity index (χ0) is 14.3. The maximum Gasteiger partial charge on any atom is 0.416 e. The van der Waals surface area contributed by atoms with Crippen LogP contribution in [0.1, 0.15) is 38.7 Å². The van der Waals surface area contributed by atoms with Gasteiger partial charge < -0.3 is 5.32 Å². The number of anilines is 1. The van der Waals surface area contributed by atoms with Gasteiger partial charge in [0.1, 0.15) is 0 Å². The van der Waals surface area contributed by atoms with Gasteiger partial charge in [0, 0.05) is 6.04 Å². The molecule has 1 aromatic carbocycles. The Kier molecular flexibility index (Phi) is 3.74. The van der Waals surface area contributed by atoms with Gasteiger partial charge in [0.15, 0.2) is 0 Å². The quantitative estimate of drug-likeness (QED) is 0.774. The van der Waals surface area contributed by atoms with Crippen LogP contribution in [0, 0.1) is 5.41 Å². The molecule has 0 saturated heterocycles. The van der Waals surface area contributed by atoms with E-state index in [1.54, 1.807) is 0 Å². The smallest absolute Gasteiger partial charge is 0.381 e. The number of alkyl halides is 3. The lowest BCUT2D eigenvalue weighted by molar-refractivity contribution is -0.137. The van der Waals surface area contributed by atoms with Gasteiger partial charge in [-0.2, -0.15) is 13.2 Å². The molecule has 106 valence electrons. The Morgan fingerprint density at radius 2 is 2.00 bits per heavy atom. The number of nitrogens with one attached hydrogen (secondary N) is 1. The van der Waals surface area contributed by atoms with Crippen molar-refractivity contribution in [2.45, 2.75) is 45.3 Å². The summed E-state index contributed by atoms with van der Waals surface area (Å²) in [6.45, 7) is 4.34. The highest BCUT2D eigenvalue weighted by Gasteiger charge is 2.33. The van der Waals surface area contributed by atoms with E-state index in [0.29, 0.717) is 10.7 Å². The van der Waals surface area contributed by atoms with Gasteiger partial charge in [0.2, 0.25) is 0 Å². The molecule has 1 fully saturated rings. The lowest BCUT2D eigenvalue weighted by Crippen LogP contribution is -2.18. The normalized spacial score (nSPS) is 22.5. The van der Waals surface area contributed by atoms with E-state index in [-0.39, 0.29) is 11.5 Å². The molecule has 1 N–H and O–H groups in total. The molecular formula is C14H17ClF3N. The van der Waals surface area contributed by atoms with Crippen LogP contribution in [-0.2, 0) is 6.18 Å². The molecule has 1 unspecified atom stereocenters. The first-order valence-electron chi connectivity index (χ1n) is 6.31. The highest BCUT2D eigenvalue weighted by atomic mass is 35.5. The molecule has 5 heteroatoms. The van der Waals surface area contributed by atoms with E-state index < -0.39 is 11.7 Å². The summed E-state index contributed by atoms with van der Waals surface area (Å²) in [6.07, 6.45) is -1.36. The highest BCUT2D eigenvalue weighted by Crippen LogP contribution is 2.40. The van der Waals surface area contributed by atoms with Crippen LogP contribution in [0.4, 0.5) is 18.9 Å². The first-order valence-corrected chi connectivity index (χ1v) is 6.68. The van der Waals surface area contributed by atoms with Crippen molar-refractivity contribution >= 4 is 17.3 Å². The van der Waals surface area contributed by atoms with E-state index >= 15 is 0 Å². The van der Waals surface area contributed by atoms with Crippen molar-refractivity contribution in [3.8, 4) is 0 Å². The highest BCUT2D eigenvalue weighted by molar-refractivity contribution is 6.33. The number of hydrogen-bond donors (Lipinski definition) is 1. The second kappa shape index (κ2) is 4.89. The minimum atomic E-state index is -4.34. The molecule has 1 nitrogen and oxygen atoms in total. The number of rotatable bonds is 2. The molecule has 0 amide bonds. The van der Waals surface area contributed by atoms with Crippen molar-refractivity contribution in [2.75, 3.05) is 5.32 Å². The fourth-order valence-electron chi connectivity index (χ4n) is 2.59. The molecule has 1 aromatic rings. The fourth-order valence-corrected chi connectivity index (χ4v) is 2.76. The molecule has 0 heterocycles. The van der Waals surface area contributed by atoms with Gasteiger partial charge in [0.05, 0.1) is 16.3 Å². The number of hydrogen-bond acceptors (Lipinski definition) is 1. The van der Waals surface area contributed by atoms with Crippen molar-refractivity contribution in [1.82, 2.24) is 0 Å². The lowest BCUT2D eigenvalue weighted by atomic mass is 9.92. The first-order chi connectivity index (χ1) is 8.67. The van der Waals surface area contributed by atoms with Crippen LogP contribution in [0.5, 0.6) is 0 Å². The molecule has 1 aliphatic rings. The summed E-state index contributed by atoms with van der Waals surface area (Å²) in [5.74, 6) is 0. The summed E-state index contributed by atoms with van der Waals surface area (Å²) < 4.78 is 38.0. The van der Waals surface area contributed by atoms with Crippen LogP contribution in [-0.4, -0.2) is 6.04 Å². The molecule has 0 radical (unpaired) electrons. The summed E-state index contributed by atoms with van der Waals surface area (Å²) in [6, 6.07) is 3.59. The molecule has 1 saturated carbocycles. The monoisotopic (exact) mass is 291 g/mol. The largest absolute Gasteiger partial charge is 0.416 e. The molecule has 1 atom stereocenters. The van der Waals surface area contributed by atoms with E-state index in [9.17, 15) is 13.2 Å². The summed E-state index contributed by atoms with van der Waals surface area (Å²) >= 11 is 5.97. The SMILES string of the molecule is CC1(C)CCC(Nc2cc(C(F)(F)F)ccc2Cl)C1. The Morgan fingerprint density at radius 1 is 1.32 bits per heavy atom. The van der Waals surface area contributed by atoms with Crippen molar-refractivity contribution < 1.29 is 13.2 Å². The average molecular weight is 292 g/mol. The first kappa shape index (κ1) is 14.5. The molecular weight excluding hydrogens is 275 g/mol. The molecule has 2 rings (SSSR count). The van der Waals surface area contributed by atoms with Gasteiger partial charge >= 0.3 is 6.18 Å². The lowest BCUT2D eigenvalue weighted by Gasteiger charge is -2.20. The topological polar surface area (TPSA) is 12.0 Å². The van der Waals surface area contributed by atoms with Crippen LogP contribution in [0.25, 0.3) is 0 Å². The third-order valence-electron chi connectivity index (χ3n) is 3.62. The molecule has 1 aliphatic carbocycles. The standard InChI is InChI=1S/C14H17ClF3N/c1-13(2)6-5-10(8-13)19-12-7-9(14(16,17)18)3-4-11(12)15/h3-4,7,10,19H,5-6,8H2,1-2H3. The van der Waals surface area contributed by atoms with Crippen LogP contribution < -0.4 is 5.32 Å². The fraction of sp³-hybridized carbons (Fsp3) is 0.571. The number of halogens is 4. The predicted molar refractivity (Wildman–Crippen MR) is 71.5 cm³/mol. The Hall–Kier alpha value is -0.900. The van der Waals surface area contributed by atoms with Gasteiger partial charge in [-0.15, -0.1) is 0 Å². The van der Waals surface area contributed by atoms with Crippen LogP contribution in [0.2, 0.25) is 5.02 Å².